The van der Waals surface area contributed by atoms with Crippen LogP contribution in [0.3, 0.4) is 0 Å². The predicted octanol–water partition coefficient (Wildman–Crippen LogP) is 2.70. The molecule has 1 aliphatic carbocycles. The van der Waals surface area contributed by atoms with Crippen molar-refractivity contribution >= 4 is 29.5 Å². The van der Waals surface area contributed by atoms with E-state index in [1.54, 1.807) is 24.3 Å². The summed E-state index contributed by atoms with van der Waals surface area (Å²) < 4.78 is 9.76. The second-order valence-corrected chi connectivity index (χ2v) is 9.48. The van der Waals surface area contributed by atoms with Gasteiger partial charge in [-0.15, -0.1) is 0 Å². The summed E-state index contributed by atoms with van der Waals surface area (Å²) in [4.78, 5) is 50.1. The van der Waals surface area contributed by atoms with Crippen LogP contribution >= 0.6 is 0 Å². The first-order chi connectivity index (χ1) is 15.0. The maximum Gasteiger partial charge on any atom is 0.343 e. The summed E-state index contributed by atoms with van der Waals surface area (Å²) in [5, 5.41) is 5.52. The lowest BCUT2D eigenvalue weighted by Crippen LogP contribution is -2.50. The van der Waals surface area contributed by atoms with Crippen LogP contribution in [0.15, 0.2) is 24.3 Å². The van der Waals surface area contributed by atoms with Crippen LogP contribution in [0.4, 0.5) is 10.5 Å². The van der Waals surface area contributed by atoms with Gasteiger partial charge in [0, 0.05) is 5.69 Å². The number of rotatable bonds is 6. The highest BCUT2D eigenvalue weighted by Crippen LogP contribution is 2.43. The zero-order valence-electron chi connectivity index (χ0n) is 19.0. The smallest absolute Gasteiger partial charge is 0.343 e. The number of methoxy groups -OCH3 is 1. The average Bonchev–Trinajstić information content (AvgIpc) is 2.96. The topological polar surface area (TPSA) is 114 Å². The lowest BCUT2D eigenvalue weighted by molar-refractivity contribution is -0.143. The van der Waals surface area contributed by atoms with Crippen LogP contribution in [0.5, 0.6) is 5.75 Å². The van der Waals surface area contributed by atoms with E-state index in [1.165, 1.54) is 7.11 Å². The Labute approximate surface area is 187 Å². The number of carbonyl (C=O) groups is 4. The van der Waals surface area contributed by atoms with Gasteiger partial charge in [-0.1, -0.05) is 20.8 Å². The Balaban J connectivity index is 1.55. The number of carbonyl (C=O) groups excluding carboxylic acids is 4. The Morgan fingerprint density at radius 1 is 1.16 bits per heavy atom. The molecule has 1 aromatic rings. The van der Waals surface area contributed by atoms with Crippen LogP contribution in [0.1, 0.15) is 46.5 Å². The fourth-order valence-electron chi connectivity index (χ4n) is 4.32. The first kappa shape index (κ1) is 23.6. The van der Waals surface area contributed by atoms with Crippen molar-refractivity contribution < 1.29 is 28.7 Å². The Bertz CT molecular complexity index is 882. The molecule has 0 atom stereocenters. The predicted molar refractivity (Wildman–Crippen MR) is 117 cm³/mol. The van der Waals surface area contributed by atoms with Crippen LogP contribution < -0.4 is 15.4 Å². The van der Waals surface area contributed by atoms with Gasteiger partial charge in [0.15, 0.2) is 6.61 Å². The molecule has 1 aromatic carbocycles. The van der Waals surface area contributed by atoms with E-state index in [0.717, 1.165) is 17.7 Å². The average molecular weight is 446 g/mol. The summed E-state index contributed by atoms with van der Waals surface area (Å²) in [5.74, 6) is -0.362. The zero-order valence-corrected chi connectivity index (χ0v) is 19.0. The lowest BCUT2D eigenvalue weighted by atomic mass is 9.67. The molecule has 1 heterocycles. The first-order valence-electron chi connectivity index (χ1n) is 10.8. The molecular weight excluding hydrogens is 414 g/mol. The molecule has 32 heavy (non-hydrogen) atoms. The SMILES string of the molecule is COC(=O)COc1ccc(NC(=O)CN2C(=O)NC3(CCC(C(C)(C)C)CC3)C2=O)cc1. The summed E-state index contributed by atoms with van der Waals surface area (Å²) >= 11 is 0. The maximum absolute atomic E-state index is 13.0. The van der Waals surface area contributed by atoms with E-state index in [-0.39, 0.29) is 24.5 Å². The molecule has 1 saturated carbocycles. The molecule has 0 unspecified atom stereocenters. The second kappa shape index (κ2) is 9.18. The van der Waals surface area contributed by atoms with Gasteiger partial charge in [0.2, 0.25) is 5.91 Å². The normalized spacial score (nSPS) is 23.1. The molecule has 9 heteroatoms. The highest BCUT2D eigenvalue weighted by Gasteiger charge is 2.53. The van der Waals surface area contributed by atoms with Crippen molar-refractivity contribution in [2.45, 2.75) is 52.0 Å². The summed E-state index contributed by atoms with van der Waals surface area (Å²) in [6, 6.07) is 5.87. The van der Waals surface area contributed by atoms with Crippen molar-refractivity contribution in [3.05, 3.63) is 24.3 Å². The van der Waals surface area contributed by atoms with Crippen LogP contribution in [0.25, 0.3) is 0 Å². The van der Waals surface area contributed by atoms with Crippen molar-refractivity contribution in [1.82, 2.24) is 10.2 Å². The molecule has 2 aliphatic rings. The summed E-state index contributed by atoms with van der Waals surface area (Å²) in [5.41, 5.74) is -0.252. The number of urea groups is 1. The quantitative estimate of drug-likeness (QED) is 0.514. The van der Waals surface area contributed by atoms with E-state index >= 15 is 0 Å². The number of ether oxygens (including phenoxy) is 2. The van der Waals surface area contributed by atoms with E-state index < -0.39 is 23.4 Å². The van der Waals surface area contributed by atoms with Gasteiger partial charge in [-0.25, -0.2) is 9.59 Å². The van der Waals surface area contributed by atoms with Crippen molar-refractivity contribution in [3.8, 4) is 5.75 Å². The van der Waals surface area contributed by atoms with E-state index in [2.05, 4.69) is 36.1 Å². The summed E-state index contributed by atoms with van der Waals surface area (Å²) in [6.45, 7) is 6.01. The van der Waals surface area contributed by atoms with Gasteiger partial charge in [0.05, 0.1) is 7.11 Å². The van der Waals surface area contributed by atoms with E-state index in [0.29, 0.717) is 30.2 Å². The number of hydrogen-bond donors (Lipinski definition) is 2. The van der Waals surface area contributed by atoms with Gasteiger partial charge in [0.25, 0.3) is 5.91 Å². The Hall–Kier alpha value is -3.10. The Morgan fingerprint density at radius 2 is 1.78 bits per heavy atom. The van der Waals surface area contributed by atoms with Gasteiger partial charge in [0.1, 0.15) is 17.8 Å². The second-order valence-electron chi connectivity index (χ2n) is 9.48. The Kier molecular flexibility index (Phi) is 6.76. The summed E-state index contributed by atoms with van der Waals surface area (Å²) in [7, 11) is 1.27. The van der Waals surface area contributed by atoms with Crippen LogP contribution in [-0.2, 0) is 19.1 Å². The fraction of sp³-hybridized carbons (Fsp3) is 0.565. The molecule has 1 spiro atoms. The van der Waals surface area contributed by atoms with Crippen molar-refractivity contribution in [2.24, 2.45) is 11.3 Å². The molecular formula is C23H31N3O6. The number of esters is 1. The molecule has 1 saturated heterocycles. The van der Waals surface area contributed by atoms with E-state index in [4.69, 9.17) is 4.74 Å². The summed E-state index contributed by atoms with van der Waals surface area (Å²) in [6.07, 6.45) is 2.90. The number of nitrogens with zero attached hydrogens (tertiary/aromatic N) is 1. The number of hydrogen-bond acceptors (Lipinski definition) is 6. The van der Waals surface area contributed by atoms with Gasteiger partial charge in [-0.2, -0.15) is 0 Å². The third-order valence-corrected chi connectivity index (χ3v) is 6.33. The minimum atomic E-state index is -0.891. The molecule has 2 N–H and O–H groups in total. The molecule has 2 fully saturated rings. The molecule has 0 radical (unpaired) electrons. The number of nitrogens with one attached hydrogen (secondary N) is 2. The fourth-order valence-corrected chi connectivity index (χ4v) is 4.32. The van der Waals surface area contributed by atoms with Gasteiger partial charge >= 0.3 is 12.0 Å². The molecule has 174 valence electrons. The van der Waals surface area contributed by atoms with Gasteiger partial charge < -0.3 is 20.1 Å². The van der Waals surface area contributed by atoms with Gasteiger partial charge in [-0.05, 0) is 61.3 Å². The van der Waals surface area contributed by atoms with Crippen LogP contribution in [0, 0.1) is 11.3 Å². The minimum Gasteiger partial charge on any atom is -0.482 e. The molecule has 4 amide bonds. The number of anilines is 1. The molecule has 0 bridgehead atoms. The highest BCUT2D eigenvalue weighted by molar-refractivity contribution is 6.10. The standard InChI is InChI=1S/C23H31N3O6/c1-22(2,3)15-9-11-23(12-10-15)20(29)26(21(30)25-23)13-18(27)24-16-5-7-17(8-6-16)32-14-19(28)31-4/h5-8,15H,9-14H2,1-4H3,(H,24,27)(H,25,30). The van der Waals surface area contributed by atoms with Crippen molar-refractivity contribution in [1.29, 1.82) is 0 Å². The number of imide groups is 1. The first-order valence-corrected chi connectivity index (χ1v) is 10.8. The molecule has 0 aromatic heterocycles. The van der Waals surface area contributed by atoms with Crippen LogP contribution in [-0.4, -0.2) is 54.5 Å². The third kappa shape index (κ3) is 5.20. The highest BCUT2D eigenvalue weighted by atomic mass is 16.6. The van der Waals surface area contributed by atoms with Crippen LogP contribution in [0.2, 0.25) is 0 Å². The van der Waals surface area contributed by atoms with Gasteiger partial charge in [-0.3, -0.25) is 14.5 Å². The molecule has 9 nitrogen and oxygen atoms in total. The van der Waals surface area contributed by atoms with E-state index in [9.17, 15) is 19.2 Å². The number of benzene rings is 1. The zero-order chi connectivity index (χ0) is 23.5. The lowest BCUT2D eigenvalue weighted by Gasteiger charge is -2.40. The molecule has 1 aliphatic heterocycles. The number of amides is 4. The molecule has 3 rings (SSSR count). The van der Waals surface area contributed by atoms with Crippen molar-refractivity contribution in [3.63, 3.8) is 0 Å². The van der Waals surface area contributed by atoms with Crippen molar-refractivity contribution in [2.75, 3.05) is 25.6 Å². The van der Waals surface area contributed by atoms with E-state index in [1.807, 2.05) is 0 Å². The largest absolute Gasteiger partial charge is 0.482 e. The third-order valence-electron chi connectivity index (χ3n) is 6.33. The Morgan fingerprint density at radius 3 is 2.34 bits per heavy atom. The maximum atomic E-state index is 13.0. The monoisotopic (exact) mass is 445 g/mol. The minimum absolute atomic E-state index is 0.159.